The summed E-state index contributed by atoms with van der Waals surface area (Å²) < 4.78 is 6.25. The number of aryl methyl sites for hydroxylation is 1. The van der Waals surface area contributed by atoms with Crippen LogP contribution in [0.2, 0.25) is 0 Å². The largest absolute Gasteiger partial charge is 0.481 e. The maximum Gasteiger partial charge on any atom is 0.215 e. The summed E-state index contributed by atoms with van der Waals surface area (Å²) in [6.45, 7) is 3.88. The highest BCUT2D eigenvalue weighted by atomic mass is 79.9. The Labute approximate surface area is 149 Å². The monoisotopic (exact) mass is 389 g/mol. The summed E-state index contributed by atoms with van der Waals surface area (Å²) in [6, 6.07) is 10.1. The molecule has 0 spiro atoms. The molecule has 0 saturated heterocycles. The lowest BCUT2D eigenvalue weighted by molar-refractivity contribution is 0.393. The number of pyridine rings is 1. The first kappa shape index (κ1) is 16.1. The maximum atomic E-state index is 5.41. The van der Waals surface area contributed by atoms with Crippen molar-refractivity contribution in [2.45, 2.75) is 19.5 Å². The van der Waals surface area contributed by atoms with E-state index >= 15 is 0 Å². The van der Waals surface area contributed by atoms with E-state index in [1.54, 1.807) is 13.3 Å². The SMILES string of the molecule is COc1ncc([C@@]2(c3cccc(Br)c3)N=C(C)C(=S)N2)cc1C. The second-order valence-electron chi connectivity index (χ2n) is 5.42. The van der Waals surface area contributed by atoms with Crippen LogP contribution < -0.4 is 10.1 Å². The topological polar surface area (TPSA) is 46.5 Å². The molecule has 0 amide bonds. The summed E-state index contributed by atoms with van der Waals surface area (Å²) in [5.41, 5.74) is 2.93. The Balaban J connectivity index is 2.22. The van der Waals surface area contributed by atoms with Crippen LogP contribution in [0.4, 0.5) is 0 Å². The molecule has 6 heteroatoms. The third kappa shape index (κ3) is 2.77. The molecular weight excluding hydrogens is 374 g/mol. The lowest BCUT2D eigenvalue weighted by Crippen LogP contribution is -2.40. The Morgan fingerprint density at radius 3 is 2.57 bits per heavy atom. The van der Waals surface area contributed by atoms with Gasteiger partial charge in [0.15, 0.2) is 5.66 Å². The molecule has 1 aliphatic heterocycles. The van der Waals surface area contributed by atoms with Crippen molar-refractivity contribution in [2.75, 3.05) is 7.11 Å². The van der Waals surface area contributed by atoms with Gasteiger partial charge in [-0.15, -0.1) is 0 Å². The number of rotatable bonds is 3. The van der Waals surface area contributed by atoms with Gasteiger partial charge in [-0.25, -0.2) is 9.98 Å². The molecule has 4 nitrogen and oxygen atoms in total. The molecule has 0 fully saturated rings. The molecule has 2 aromatic rings. The van der Waals surface area contributed by atoms with Crippen molar-refractivity contribution < 1.29 is 4.74 Å². The van der Waals surface area contributed by atoms with E-state index in [-0.39, 0.29) is 0 Å². The molecule has 1 aromatic carbocycles. The lowest BCUT2D eigenvalue weighted by Gasteiger charge is -2.28. The summed E-state index contributed by atoms with van der Waals surface area (Å²) in [5, 5.41) is 3.37. The van der Waals surface area contributed by atoms with Crippen molar-refractivity contribution in [3.05, 3.63) is 57.7 Å². The van der Waals surface area contributed by atoms with Gasteiger partial charge in [-0.3, -0.25) is 0 Å². The fourth-order valence-corrected chi connectivity index (χ4v) is 3.31. The van der Waals surface area contributed by atoms with Crippen molar-refractivity contribution in [1.82, 2.24) is 10.3 Å². The van der Waals surface area contributed by atoms with E-state index in [0.717, 1.165) is 26.9 Å². The zero-order valence-electron chi connectivity index (χ0n) is 13.1. The number of nitrogens with zero attached hydrogens (tertiary/aromatic N) is 2. The van der Waals surface area contributed by atoms with Gasteiger partial charge in [-0.2, -0.15) is 0 Å². The van der Waals surface area contributed by atoms with Crippen LogP contribution in [-0.2, 0) is 5.66 Å². The second kappa shape index (κ2) is 6.02. The normalized spacial score (nSPS) is 20.2. The number of hydrogen-bond acceptors (Lipinski definition) is 4. The van der Waals surface area contributed by atoms with Crippen molar-refractivity contribution in [3.63, 3.8) is 0 Å². The van der Waals surface area contributed by atoms with Crippen molar-refractivity contribution in [1.29, 1.82) is 0 Å². The van der Waals surface area contributed by atoms with Gasteiger partial charge in [0.05, 0.1) is 12.8 Å². The molecule has 3 rings (SSSR count). The maximum absolute atomic E-state index is 5.41. The van der Waals surface area contributed by atoms with Crippen LogP contribution in [0.15, 0.2) is 46.0 Å². The van der Waals surface area contributed by atoms with Crippen LogP contribution in [0.5, 0.6) is 5.88 Å². The highest BCUT2D eigenvalue weighted by Crippen LogP contribution is 2.36. The first-order valence-electron chi connectivity index (χ1n) is 7.12. The van der Waals surface area contributed by atoms with Gasteiger partial charge >= 0.3 is 0 Å². The zero-order valence-corrected chi connectivity index (χ0v) is 15.5. The molecule has 0 radical (unpaired) electrons. The molecule has 23 heavy (non-hydrogen) atoms. The van der Waals surface area contributed by atoms with E-state index in [1.807, 2.05) is 44.2 Å². The van der Waals surface area contributed by atoms with E-state index in [9.17, 15) is 0 Å². The Kier molecular flexibility index (Phi) is 4.21. The molecule has 0 bridgehead atoms. The molecule has 1 atom stereocenters. The van der Waals surface area contributed by atoms with E-state index in [2.05, 4.69) is 26.2 Å². The molecule has 0 saturated carbocycles. The summed E-state index contributed by atoms with van der Waals surface area (Å²) in [4.78, 5) is 9.89. The highest BCUT2D eigenvalue weighted by Gasteiger charge is 2.40. The fraction of sp³-hybridized carbons (Fsp3) is 0.235. The van der Waals surface area contributed by atoms with Gasteiger partial charge < -0.3 is 10.1 Å². The van der Waals surface area contributed by atoms with Gasteiger partial charge in [0.25, 0.3) is 0 Å². The van der Waals surface area contributed by atoms with Gasteiger partial charge in [0.2, 0.25) is 5.88 Å². The first-order valence-corrected chi connectivity index (χ1v) is 8.32. The van der Waals surface area contributed by atoms with Crippen LogP contribution in [0.1, 0.15) is 23.6 Å². The third-order valence-corrected chi connectivity index (χ3v) is 4.73. The number of thiocarbonyl (C=S) groups is 1. The van der Waals surface area contributed by atoms with Crippen LogP contribution in [-0.4, -0.2) is 22.8 Å². The summed E-state index contributed by atoms with van der Waals surface area (Å²) in [7, 11) is 1.62. The van der Waals surface area contributed by atoms with Crippen molar-refractivity contribution in [2.24, 2.45) is 4.99 Å². The minimum absolute atomic E-state index is 0.611. The summed E-state index contributed by atoms with van der Waals surface area (Å²) >= 11 is 8.93. The number of nitrogens with one attached hydrogen (secondary N) is 1. The van der Waals surface area contributed by atoms with Gasteiger partial charge in [0, 0.05) is 27.4 Å². The van der Waals surface area contributed by atoms with Crippen LogP contribution in [0.3, 0.4) is 0 Å². The van der Waals surface area contributed by atoms with Gasteiger partial charge in [-0.05, 0) is 32.0 Å². The van der Waals surface area contributed by atoms with Crippen LogP contribution in [0, 0.1) is 6.92 Å². The van der Waals surface area contributed by atoms with E-state index in [1.165, 1.54) is 0 Å². The Hall–Kier alpha value is -1.79. The minimum atomic E-state index is -0.755. The molecule has 118 valence electrons. The highest BCUT2D eigenvalue weighted by molar-refractivity contribution is 9.10. The molecule has 1 N–H and O–H groups in total. The average molecular weight is 390 g/mol. The quantitative estimate of drug-likeness (QED) is 0.811. The standard InChI is InChI=1S/C17H16BrN3OS/c1-10-7-13(9-19-15(10)22-3)17(20-11(2)16(23)21-17)12-5-4-6-14(18)8-12/h4-9H,1-3H3,(H,21,23)/t17-/m0/s1. The number of ether oxygens (including phenoxy) is 1. The molecular formula is C17H16BrN3OS. The first-order chi connectivity index (χ1) is 11.0. The zero-order chi connectivity index (χ0) is 16.6. The second-order valence-corrected chi connectivity index (χ2v) is 6.75. The van der Waals surface area contributed by atoms with Crippen molar-refractivity contribution in [3.8, 4) is 5.88 Å². The van der Waals surface area contributed by atoms with Crippen LogP contribution in [0.25, 0.3) is 0 Å². The molecule has 1 aromatic heterocycles. The third-order valence-electron chi connectivity index (χ3n) is 3.84. The van der Waals surface area contributed by atoms with Crippen LogP contribution >= 0.6 is 28.1 Å². The van der Waals surface area contributed by atoms with Gasteiger partial charge in [0.1, 0.15) is 4.99 Å². The number of halogens is 1. The van der Waals surface area contributed by atoms with E-state index in [0.29, 0.717) is 10.9 Å². The Bertz CT molecular complexity index is 821. The van der Waals surface area contributed by atoms with E-state index < -0.39 is 5.66 Å². The number of benzene rings is 1. The predicted molar refractivity (Wildman–Crippen MR) is 99.3 cm³/mol. The Morgan fingerprint density at radius 2 is 2.00 bits per heavy atom. The summed E-state index contributed by atoms with van der Waals surface area (Å²) in [5.74, 6) is 0.611. The molecule has 1 aliphatic rings. The molecule has 0 unspecified atom stereocenters. The average Bonchev–Trinajstić information content (AvgIpc) is 2.84. The summed E-state index contributed by atoms with van der Waals surface area (Å²) in [6.07, 6.45) is 1.78. The molecule has 2 heterocycles. The van der Waals surface area contributed by atoms with Crippen molar-refractivity contribution >= 4 is 38.8 Å². The minimum Gasteiger partial charge on any atom is -0.481 e. The number of methoxy groups -OCH3 is 1. The fourth-order valence-electron chi connectivity index (χ4n) is 2.71. The predicted octanol–water partition coefficient (Wildman–Crippen LogP) is 3.75. The number of aromatic nitrogens is 1. The number of aliphatic imine (C=N–C) groups is 1. The van der Waals surface area contributed by atoms with E-state index in [4.69, 9.17) is 21.9 Å². The smallest absolute Gasteiger partial charge is 0.215 e. The lowest BCUT2D eigenvalue weighted by atomic mass is 9.92. The number of hydrogen-bond donors (Lipinski definition) is 1. The van der Waals surface area contributed by atoms with Gasteiger partial charge in [-0.1, -0.05) is 40.3 Å². The molecule has 0 aliphatic carbocycles. The Morgan fingerprint density at radius 1 is 1.22 bits per heavy atom.